The first-order chi connectivity index (χ1) is 14.0. The highest BCUT2D eigenvalue weighted by molar-refractivity contribution is 6.04. The van der Waals surface area contributed by atoms with Crippen LogP contribution in [0.15, 0.2) is 67.8 Å². The molecule has 2 aromatic heterocycles. The second-order valence-corrected chi connectivity index (χ2v) is 6.93. The number of nitrogens with one attached hydrogen (secondary N) is 3. The number of anilines is 3. The SMILES string of the molecule is C=CNc1ncc(NC(C)c2cccc(NC(=O)c3cncc(C)c3)c2)cc1C. The quantitative estimate of drug-likeness (QED) is 0.527. The van der Waals surface area contributed by atoms with Gasteiger partial charge in [-0.05, 0) is 67.9 Å². The summed E-state index contributed by atoms with van der Waals surface area (Å²) in [6.07, 6.45) is 6.68. The lowest BCUT2D eigenvalue weighted by Crippen LogP contribution is -2.13. The Balaban J connectivity index is 1.70. The van der Waals surface area contributed by atoms with Gasteiger partial charge in [-0.2, -0.15) is 0 Å². The number of hydrogen-bond donors (Lipinski definition) is 3. The average Bonchev–Trinajstić information content (AvgIpc) is 2.70. The maximum Gasteiger partial charge on any atom is 0.257 e. The van der Waals surface area contributed by atoms with Crippen molar-refractivity contribution in [3.05, 3.63) is 90.0 Å². The number of benzene rings is 1. The van der Waals surface area contributed by atoms with Crippen LogP contribution in [0.4, 0.5) is 17.2 Å². The zero-order valence-electron chi connectivity index (χ0n) is 16.9. The Morgan fingerprint density at radius 2 is 1.93 bits per heavy atom. The Labute approximate surface area is 171 Å². The van der Waals surface area contributed by atoms with Gasteiger partial charge in [-0.15, -0.1) is 0 Å². The maximum atomic E-state index is 12.5. The Morgan fingerprint density at radius 3 is 2.66 bits per heavy atom. The summed E-state index contributed by atoms with van der Waals surface area (Å²) in [6.45, 7) is 9.63. The molecule has 6 nitrogen and oxygen atoms in total. The molecular weight excluding hydrogens is 362 g/mol. The lowest BCUT2D eigenvalue weighted by atomic mass is 10.1. The van der Waals surface area contributed by atoms with Gasteiger partial charge in [0.25, 0.3) is 5.91 Å². The Hall–Kier alpha value is -3.67. The van der Waals surface area contributed by atoms with Crippen molar-refractivity contribution < 1.29 is 4.79 Å². The van der Waals surface area contributed by atoms with Gasteiger partial charge in [0.05, 0.1) is 17.4 Å². The van der Waals surface area contributed by atoms with Crippen LogP contribution < -0.4 is 16.0 Å². The molecule has 0 saturated carbocycles. The molecule has 1 amide bonds. The first-order valence-corrected chi connectivity index (χ1v) is 9.40. The van der Waals surface area contributed by atoms with Crippen LogP contribution in [0.3, 0.4) is 0 Å². The summed E-state index contributed by atoms with van der Waals surface area (Å²) in [5.74, 6) is 0.609. The summed E-state index contributed by atoms with van der Waals surface area (Å²) in [4.78, 5) is 21.0. The highest BCUT2D eigenvalue weighted by Crippen LogP contribution is 2.24. The van der Waals surface area contributed by atoms with E-state index >= 15 is 0 Å². The van der Waals surface area contributed by atoms with E-state index in [0.717, 1.165) is 33.9 Å². The standard InChI is InChI=1S/C23H25N5O/c1-5-25-22-16(3)10-21(14-26-22)27-17(4)18-7-6-8-20(11-18)28-23(29)19-9-15(2)12-24-13-19/h5-14,17,27H,1H2,2-4H3,(H,25,26)(H,28,29). The predicted molar refractivity (Wildman–Crippen MR) is 118 cm³/mol. The highest BCUT2D eigenvalue weighted by atomic mass is 16.1. The molecule has 1 unspecified atom stereocenters. The normalized spacial score (nSPS) is 11.4. The molecular formula is C23H25N5O. The van der Waals surface area contributed by atoms with E-state index in [2.05, 4.69) is 39.4 Å². The zero-order valence-corrected chi connectivity index (χ0v) is 16.9. The molecule has 1 atom stereocenters. The van der Waals surface area contributed by atoms with Crippen molar-refractivity contribution in [1.29, 1.82) is 0 Å². The smallest absolute Gasteiger partial charge is 0.257 e. The van der Waals surface area contributed by atoms with E-state index < -0.39 is 0 Å². The van der Waals surface area contributed by atoms with Gasteiger partial charge in [-0.1, -0.05) is 18.7 Å². The lowest BCUT2D eigenvalue weighted by molar-refractivity contribution is 0.102. The van der Waals surface area contributed by atoms with Gasteiger partial charge in [0.15, 0.2) is 0 Å². The molecule has 2 heterocycles. The summed E-state index contributed by atoms with van der Waals surface area (Å²) >= 11 is 0. The molecule has 29 heavy (non-hydrogen) atoms. The number of carbonyl (C=O) groups excluding carboxylic acids is 1. The maximum absolute atomic E-state index is 12.5. The number of pyridine rings is 2. The molecule has 1 aromatic carbocycles. The minimum Gasteiger partial charge on any atom is -0.377 e. The molecule has 0 saturated heterocycles. The van der Waals surface area contributed by atoms with Gasteiger partial charge in [0.2, 0.25) is 0 Å². The van der Waals surface area contributed by atoms with Gasteiger partial charge < -0.3 is 16.0 Å². The van der Waals surface area contributed by atoms with Crippen LogP contribution in [0, 0.1) is 13.8 Å². The first-order valence-electron chi connectivity index (χ1n) is 9.40. The van der Waals surface area contributed by atoms with Crippen LogP contribution in [0.5, 0.6) is 0 Å². The minimum atomic E-state index is -0.177. The number of rotatable bonds is 7. The Bertz CT molecular complexity index is 1030. The van der Waals surface area contributed by atoms with Crippen LogP contribution in [0.1, 0.15) is 40.0 Å². The molecule has 6 heteroatoms. The Kier molecular flexibility index (Phi) is 6.24. The van der Waals surface area contributed by atoms with Crippen molar-refractivity contribution in [2.75, 3.05) is 16.0 Å². The molecule has 3 rings (SSSR count). The Morgan fingerprint density at radius 1 is 1.10 bits per heavy atom. The van der Waals surface area contributed by atoms with Crippen molar-refractivity contribution in [2.45, 2.75) is 26.8 Å². The largest absolute Gasteiger partial charge is 0.377 e. The summed E-state index contributed by atoms with van der Waals surface area (Å²) in [6, 6.07) is 11.7. The molecule has 0 aliphatic rings. The van der Waals surface area contributed by atoms with Crippen LogP contribution in [-0.2, 0) is 0 Å². The van der Waals surface area contributed by atoms with Crippen molar-refractivity contribution in [3.63, 3.8) is 0 Å². The number of aromatic nitrogens is 2. The molecule has 0 fully saturated rings. The molecule has 0 bridgehead atoms. The van der Waals surface area contributed by atoms with Crippen molar-refractivity contribution in [3.8, 4) is 0 Å². The fourth-order valence-corrected chi connectivity index (χ4v) is 3.00. The second kappa shape index (κ2) is 9.01. The average molecular weight is 387 g/mol. The van der Waals surface area contributed by atoms with Gasteiger partial charge in [-0.3, -0.25) is 9.78 Å². The number of hydrogen-bond acceptors (Lipinski definition) is 5. The summed E-state index contributed by atoms with van der Waals surface area (Å²) in [5.41, 5.74) is 5.22. The molecule has 3 N–H and O–H groups in total. The number of carbonyl (C=O) groups is 1. The number of amides is 1. The molecule has 148 valence electrons. The summed E-state index contributed by atoms with van der Waals surface area (Å²) in [7, 11) is 0. The van der Waals surface area contributed by atoms with Crippen LogP contribution in [0.2, 0.25) is 0 Å². The van der Waals surface area contributed by atoms with Crippen LogP contribution >= 0.6 is 0 Å². The minimum absolute atomic E-state index is 0.0342. The number of nitrogens with zero attached hydrogens (tertiary/aromatic N) is 2. The van der Waals surface area contributed by atoms with Gasteiger partial charge >= 0.3 is 0 Å². The van der Waals surface area contributed by atoms with E-state index in [1.807, 2.05) is 50.2 Å². The lowest BCUT2D eigenvalue weighted by Gasteiger charge is -2.17. The van der Waals surface area contributed by atoms with Crippen molar-refractivity contribution in [2.24, 2.45) is 0 Å². The highest BCUT2D eigenvalue weighted by Gasteiger charge is 2.10. The van der Waals surface area contributed by atoms with E-state index in [1.54, 1.807) is 24.8 Å². The van der Waals surface area contributed by atoms with E-state index in [-0.39, 0.29) is 11.9 Å². The summed E-state index contributed by atoms with van der Waals surface area (Å²) in [5, 5.41) is 9.40. The predicted octanol–water partition coefficient (Wildman–Crippen LogP) is 5.07. The van der Waals surface area contributed by atoms with Gasteiger partial charge in [0.1, 0.15) is 5.82 Å². The van der Waals surface area contributed by atoms with E-state index in [1.165, 1.54) is 0 Å². The van der Waals surface area contributed by atoms with Gasteiger partial charge in [0, 0.05) is 24.1 Å². The van der Waals surface area contributed by atoms with Crippen LogP contribution in [-0.4, -0.2) is 15.9 Å². The van der Waals surface area contributed by atoms with E-state index in [0.29, 0.717) is 5.56 Å². The number of aryl methyl sites for hydroxylation is 2. The third-order valence-electron chi connectivity index (χ3n) is 4.48. The summed E-state index contributed by atoms with van der Waals surface area (Å²) < 4.78 is 0. The second-order valence-electron chi connectivity index (χ2n) is 6.93. The molecule has 0 radical (unpaired) electrons. The third kappa shape index (κ3) is 5.19. The molecule has 0 aliphatic carbocycles. The van der Waals surface area contributed by atoms with E-state index in [9.17, 15) is 4.79 Å². The molecule has 3 aromatic rings. The van der Waals surface area contributed by atoms with E-state index in [4.69, 9.17) is 0 Å². The van der Waals surface area contributed by atoms with Gasteiger partial charge in [-0.25, -0.2) is 4.98 Å². The fraction of sp³-hybridized carbons (Fsp3) is 0.174. The van der Waals surface area contributed by atoms with Crippen LogP contribution in [0.25, 0.3) is 0 Å². The first kappa shape index (κ1) is 20.1. The molecule has 0 spiro atoms. The topological polar surface area (TPSA) is 78.9 Å². The van der Waals surface area contributed by atoms with Crippen molar-refractivity contribution in [1.82, 2.24) is 9.97 Å². The zero-order chi connectivity index (χ0) is 20.8. The molecule has 0 aliphatic heterocycles. The van der Waals surface area contributed by atoms with Crippen molar-refractivity contribution >= 4 is 23.1 Å². The fourth-order valence-electron chi connectivity index (χ4n) is 3.00. The third-order valence-corrected chi connectivity index (χ3v) is 4.48. The monoisotopic (exact) mass is 387 g/mol.